The topological polar surface area (TPSA) is 92.4 Å². The molecule has 0 bridgehead atoms. The number of ether oxygens (including phenoxy) is 1. The maximum atomic E-state index is 14.5. The van der Waals surface area contributed by atoms with Crippen LogP contribution in [0, 0.1) is 5.82 Å². The summed E-state index contributed by atoms with van der Waals surface area (Å²) < 4.78 is 20.0. The second kappa shape index (κ2) is 12.7. The maximum absolute atomic E-state index is 14.5. The Labute approximate surface area is 187 Å². The number of hydrogen-bond acceptors (Lipinski definition) is 5. The molecule has 0 radical (unpaired) electrons. The molecule has 0 saturated heterocycles. The largest absolute Gasteiger partial charge is 0.454 e. The van der Waals surface area contributed by atoms with Crippen LogP contribution in [0.2, 0.25) is 0 Å². The third-order valence-corrected chi connectivity index (χ3v) is 4.05. The zero-order chi connectivity index (χ0) is 23.3. The van der Waals surface area contributed by atoms with Crippen LogP contribution in [0.4, 0.5) is 20.7 Å². The van der Waals surface area contributed by atoms with Crippen molar-refractivity contribution >= 4 is 23.4 Å². The van der Waals surface area contributed by atoms with E-state index in [0.29, 0.717) is 24.5 Å². The van der Waals surface area contributed by atoms with Crippen LogP contribution in [-0.4, -0.2) is 23.5 Å². The van der Waals surface area contributed by atoms with Gasteiger partial charge in [0.2, 0.25) is 5.91 Å². The van der Waals surface area contributed by atoms with Crippen molar-refractivity contribution in [3.63, 3.8) is 0 Å². The van der Waals surface area contributed by atoms with Crippen molar-refractivity contribution in [2.24, 2.45) is 0 Å². The molecule has 0 fully saturated rings. The number of pyridine rings is 1. The van der Waals surface area contributed by atoms with Gasteiger partial charge >= 0.3 is 6.03 Å². The average molecular weight is 439 g/mol. The van der Waals surface area contributed by atoms with Crippen LogP contribution in [0.1, 0.15) is 26.7 Å². The molecule has 0 atom stereocenters. The zero-order valence-electron chi connectivity index (χ0n) is 18.2. The Morgan fingerprint density at radius 3 is 2.75 bits per heavy atom. The summed E-state index contributed by atoms with van der Waals surface area (Å²) in [5, 5.41) is 7.71. The van der Waals surface area contributed by atoms with Gasteiger partial charge in [-0.15, -0.1) is 6.58 Å². The summed E-state index contributed by atoms with van der Waals surface area (Å²) in [5.41, 5.74) is 0.942. The van der Waals surface area contributed by atoms with Crippen molar-refractivity contribution in [1.29, 1.82) is 0 Å². The number of halogens is 1. The predicted octanol–water partition coefficient (Wildman–Crippen LogP) is 5.56. The first-order chi connectivity index (χ1) is 15.4. The highest BCUT2D eigenvalue weighted by Crippen LogP contribution is 2.27. The first-order valence-electron chi connectivity index (χ1n) is 10.2. The van der Waals surface area contributed by atoms with Crippen LogP contribution in [0.15, 0.2) is 73.0 Å². The van der Waals surface area contributed by atoms with E-state index in [1.807, 2.05) is 26.0 Å². The summed E-state index contributed by atoms with van der Waals surface area (Å²) in [5.74, 6) is -0.129. The Balaban J connectivity index is 1.96. The molecule has 3 amide bonds. The number of carbonyl (C=O) groups is 2. The first-order valence-corrected chi connectivity index (χ1v) is 10.2. The van der Waals surface area contributed by atoms with Gasteiger partial charge in [-0.1, -0.05) is 24.3 Å². The van der Waals surface area contributed by atoms with E-state index >= 15 is 0 Å². The van der Waals surface area contributed by atoms with Crippen LogP contribution in [0.5, 0.6) is 11.5 Å². The highest BCUT2D eigenvalue weighted by atomic mass is 19.1. The number of nitrogens with one attached hydrogen (secondary N) is 3. The number of hydrogen-bond donors (Lipinski definition) is 3. The molecule has 2 aromatic rings. The van der Waals surface area contributed by atoms with Crippen LogP contribution >= 0.6 is 0 Å². The molecule has 0 saturated carbocycles. The molecule has 2 rings (SSSR count). The van der Waals surface area contributed by atoms with Crippen molar-refractivity contribution < 1.29 is 18.7 Å². The minimum Gasteiger partial charge on any atom is -0.454 e. The van der Waals surface area contributed by atoms with Crippen LogP contribution in [-0.2, 0) is 4.79 Å². The van der Waals surface area contributed by atoms with Crippen molar-refractivity contribution in [2.45, 2.75) is 26.7 Å². The minimum absolute atomic E-state index is 0.0102. The summed E-state index contributed by atoms with van der Waals surface area (Å²) in [6.45, 7) is 8.10. The van der Waals surface area contributed by atoms with Crippen LogP contribution in [0.3, 0.4) is 0 Å². The molecule has 1 aromatic heterocycles. The lowest BCUT2D eigenvalue weighted by molar-refractivity contribution is -0.119. The van der Waals surface area contributed by atoms with E-state index in [4.69, 9.17) is 4.74 Å². The van der Waals surface area contributed by atoms with Gasteiger partial charge < -0.3 is 15.4 Å². The van der Waals surface area contributed by atoms with E-state index in [1.54, 1.807) is 30.5 Å². The predicted molar refractivity (Wildman–Crippen MR) is 124 cm³/mol. The highest BCUT2D eigenvalue weighted by molar-refractivity contribution is 6.01. The van der Waals surface area contributed by atoms with Crippen molar-refractivity contribution in [3.05, 3.63) is 78.8 Å². The third-order valence-electron chi connectivity index (χ3n) is 4.05. The number of carbonyl (C=O) groups excluding carboxylic acids is 2. The molecule has 0 aliphatic rings. The van der Waals surface area contributed by atoms with Crippen molar-refractivity contribution in [1.82, 2.24) is 10.3 Å². The van der Waals surface area contributed by atoms with E-state index in [9.17, 15) is 14.0 Å². The first kappa shape index (κ1) is 24.3. The van der Waals surface area contributed by atoms with Gasteiger partial charge in [-0.3, -0.25) is 10.1 Å². The molecule has 1 aromatic carbocycles. The minimum atomic E-state index is -0.754. The fraction of sp³-hybridized carbons (Fsp3) is 0.208. The second-order valence-electron chi connectivity index (χ2n) is 6.64. The number of benzene rings is 1. The van der Waals surface area contributed by atoms with Gasteiger partial charge in [0.05, 0.1) is 6.42 Å². The van der Waals surface area contributed by atoms with Crippen LogP contribution < -0.4 is 20.7 Å². The van der Waals surface area contributed by atoms with E-state index < -0.39 is 17.8 Å². The Morgan fingerprint density at radius 2 is 2.06 bits per heavy atom. The molecule has 168 valence electrons. The fourth-order valence-corrected chi connectivity index (χ4v) is 2.71. The normalized spacial score (nSPS) is 11.2. The van der Waals surface area contributed by atoms with E-state index in [1.165, 1.54) is 12.1 Å². The smallest absolute Gasteiger partial charge is 0.325 e. The third kappa shape index (κ3) is 8.06. The average Bonchev–Trinajstić information content (AvgIpc) is 2.74. The Morgan fingerprint density at radius 1 is 1.25 bits per heavy atom. The number of anilines is 2. The SMILES string of the molecule is C=CC/C=C(\C=C/C)CC(=O)NC(=O)Nc1ccc(Oc2ccnc(NCC)c2)c(F)c1. The molecule has 0 aliphatic carbocycles. The molecule has 0 aliphatic heterocycles. The molecule has 8 heteroatoms. The lowest BCUT2D eigenvalue weighted by atomic mass is 10.1. The van der Waals surface area contributed by atoms with Gasteiger partial charge in [0.25, 0.3) is 0 Å². The summed E-state index contributed by atoms with van der Waals surface area (Å²) in [7, 11) is 0. The van der Waals surface area contributed by atoms with Gasteiger partial charge in [0, 0.05) is 30.6 Å². The molecular weight excluding hydrogens is 411 g/mol. The van der Waals surface area contributed by atoms with E-state index in [2.05, 4.69) is 27.5 Å². The summed E-state index contributed by atoms with van der Waals surface area (Å²) in [4.78, 5) is 28.3. The number of allylic oxidation sites excluding steroid dienone is 4. The molecule has 3 N–H and O–H groups in total. The standard InChI is InChI=1S/C24H27FN4O3/c1-4-7-9-17(8-5-2)14-23(30)29-24(31)28-18-10-11-21(20(25)15-18)32-19-12-13-27-22(16-19)26-6-3/h4-5,8-13,15-16H,1,6-7,14H2,2-3H3,(H,26,27)(H2,28,29,30,31)/b8-5-,17-9+. The summed E-state index contributed by atoms with van der Waals surface area (Å²) in [6.07, 6.45) is 9.36. The Bertz CT molecular complexity index is 1020. The maximum Gasteiger partial charge on any atom is 0.325 e. The number of aromatic nitrogens is 1. The van der Waals surface area contributed by atoms with Gasteiger partial charge in [-0.25, -0.2) is 14.2 Å². The number of amides is 3. The highest BCUT2D eigenvalue weighted by Gasteiger charge is 2.12. The Hall–Kier alpha value is -3.94. The number of nitrogens with zero attached hydrogens (tertiary/aromatic N) is 1. The van der Waals surface area contributed by atoms with Gasteiger partial charge in [-0.2, -0.15) is 0 Å². The lowest BCUT2D eigenvalue weighted by Gasteiger charge is -2.11. The van der Waals surface area contributed by atoms with Crippen molar-refractivity contribution in [2.75, 3.05) is 17.2 Å². The van der Waals surface area contributed by atoms with Gasteiger partial charge in [0.15, 0.2) is 11.6 Å². The monoisotopic (exact) mass is 438 g/mol. The molecule has 32 heavy (non-hydrogen) atoms. The van der Waals surface area contributed by atoms with Crippen LogP contribution in [0.25, 0.3) is 0 Å². The zero-order valence-corrected chi connectivity index (χ0v) is 18.2. The van der Waals surface area contributed by atoms with Crippen molar-refractivity contribution in [3.8, 4) is 11.5 Å². The number of rotatable bonds is 10. The van der Waals surface area contributed by atoms with E-state index in [0.717, 1.165) is 11.6 Å². The van der Waals surface area contributed by atoms with Gasteiger partial charge in [-0.05, 0) is 44.0 Å². The quantitative estimate of drug-likeness (QED) is 0.334. The molecule has 0 spiro atoms. The second-order valence-corrected chi connectivity index (χ2v) is 6.64. The summed E-state index contributed by atoms with van der Waals surface area (Å²) >= 11 is 0. The number of imide groups is 1. The van der Waals surface area contributed by atoms with E-state index in [-0.39, 0.29) is 17.9 Å². The lowest BCUT2D eigenvalue weighted by Crippen LogP contribution is -2.34. The fourth-order valence-electron chi connectivity index (χ4n) is 2.71. The number of urea groups is 1. The molecule has 0 unspecified atom stereocenters. The molecule has 1 heterocycles. The summed E-state index contributed by atoms with van der Waals surface area (Å²) in [6, 6.07) is 6.49. The molecule has 7 nitrogen and oxygen atoms in total. The molecular formula is C24H27FN4O3. The van der Waals surface area contributed by atoms with Gasteiger partial charge in [0.1, 0.15) is 11.6 Å². The Kier molecular flexibility index (Phi) is 9.65.